The van der Waals surface area contributed by atoms with Crippen LogP contribution >= 0.6 is 0 Å². The number of phenols is 1. The summed E-state index contributed by atoms with van der Waals surface area (Å²) >= 11 is 0. The molecule has 0 bridgehead atoms. The normalized spacial score (nSPS) is 19.4. The maximum Gasteiger partial charge on any atom is 0.322 e. The molecule has 1 unspecified atom stereocenters. The van der Waals surface area contributed by atoms with Crippen molar-refractivity contribution in [1.29, 1.82) is 0 Å². The second kappa shape index (κ2) is 4.87. The average molecular weight is 293 g/mol. The Morgan fingerprint density at radius 3 is 2.82 bits per heavy atom. The number of urea groups is 1. The molecule has 0 aliphatic carbocycles. The van der Waals surface area contributed by atoms with Crippen LogP contribution in [0.4, 0.5) is 16.2 Å². The van der Waals surface area contributed by atoms with Crippen molar-refractivity contribution in [3.8, 4) is 5.75 Å². The van der Waals surface area contributed by atoms with Crippen LogP contribution in [0, 0.1) is 0 Å². The molecule has 0 radical (unpaired) electrons. The monoisotopic (exact) mass is 293 g/mol. The van der Waals surface area contributed by atoms with Crippen LogP contribution in [0.15, 0.2) is 47.5 Å². The maximum atomic E-state index is 12.3. The minimum Gasteiger partial charge on any atom is -0.508 e. The third kappa shape index (κ3) is 2.02. The standard InChI is InChI=1S/C17H15N3O2/c21-14-5-2-12(3-6-14)16-10-19-17(22)20(16)13-4-1-11-7-8-18-15(11)9-13/h1-6,8-9,16,21H,7,10H2,(H,19,22). The zero-order valence-electron chi connectivity index (χ0n) is 11.9. The molecule has 2 aliphatic heterocycles. The molecule has 0 saturated carbocycles. The summed E-state index contributed by atoms with van der Waals surface area (Å²) < 4.78 is 0. The zero-order chi connectivity index (χ0) is 15.1. The van der Waals surface area contributed by atoms with E-state index in [4.69, 9.17) is 0 Å². The molecule has 2 heterocycles. The summed E-state index contributed by atoms with van der Waals surface area (Å²) in [6, 6.07) is 12.7. The number of nitrogens with one attached hydrogen (secondary N) is 1. The second-order valence-corrected chi connectivity index (χ2v) is 5.49. The molecule has 5 heteroatoms. The highest BCUT2D eigenvalue weighted by atomic mass is 16.3. The molecular formula is C17H15N3O2. The van der Waals surface area contributed by atoms with E-state index in [-0.39, 0.29) is 17.8 Å². The van der Waals surface area contributed by atoms with Crippen LogP contribution in [0.3, 0.4) is 0 Å². The van der Waals surface area contributed by atoms with Gasteiger partial charge in [0.15, 0.2) is 0 Å². The third-order valence-electron chi connectivity index (χ3n) is 4.14. The molecule has 22 heavy (non-hydrogen) atoms. The smallest absolute Gasteiger partial charge is 0.322 e. The molecule has 1 atom stereocenters. The number of hydrogen-bond acceptors (Lipinski definition) is 3. The highest BCUT2D eigenvalue weighted by Crippen LogP contribution is 2.35. The number of hydrogen-bond donors (Lipinski definition) is 2. The average Bonchev–Trinajstić information content (AvgIpc) is 3.13. The van der Waals surface area contributed by atoms with E-state index in [9.17, 15) is 9.90 Å². The molecule has 5 nitrogen and oxygen atoms in total. The summed E-state index contributed by atoms with van der Waals surface area (Å²) in [6.07, 6.45) is 2.74. The Bertz CT molecular complexity index is 768. The number of phenolic OH excluding ortho intramolecular Hbond substituents is 1. The molecular weight excluding hydrogens is 278 g/mol. The highest BCUT2D eigenvalue weighted by Gasteiger charge is 2.33. The van der Waals surface area contributed by atoms with Gasteiger partial charge in [0.05, 0.1) is 11.7 Å². The van der Waals surface area contributed by atoms with E-state index in [0.717, 1.165) is 23.4 Å². The first-order chi connectivity index (χ1) is 10.7. The van der Waals surface area contributed by atoms with Gasteiger partial charge in [-0.15, -0.1) is 0 Å². The number of anilines is 1. The van der Waals surface area contributed by atoms with E-state index < -0.39 is 0 Å². The molecule has 2 aromatic carbocycles. The Kier molecular flexibility index (Phi) is 2.85. The van der Waals surface area contributed by atoms with E-state index in [1.807, 2.05) is 36.5 Å². The van der Waals surface area contributed by atoms with Gasteiger partial charge in [-0.05, 0) is 35.4 Å². The quantitative estimate of drug-likeness (QED) is 0.894. The summed E-state index contributed by atoms with van der Waals surface area (Å²) in [5, 5.41) is 12.3. The Balaban J connectivity index is 1.73. The van der Waals surface area contributed by atoms with E-state index in [1.54, 1.807) is 17.0 Å². The molecule has 2 amide bonds. The predicted molar refractivity (Wildman–Crippen MR) is 85.0 cm³/mol. The summed E-state index contributed by atoms with van der Waals surface area (Å²) in [7, 11) is 0. The van der Waals surface area contributed by atoms with Crippen LogP contribution in [0.25, 0.3) is 0 Å². The van der Waals surface area contributed by atoms with Gasteiger partial charge < -0.3 is 10.4 Å². The number of nitrogens with zero attached hydrogens (tertiary/aromatic N) is 2. The topological polar surface area (TPSA) is 64.9 Å². The summed E-state index contributed by atoms with van der Waals surface area (Å²) in [6.45, 7) is 0.546. The fourth-order valence-electron chi connectivity index (χ4n) is 3.00. The largest absolute Gasteiger partial charge is 0.508 e. The lowest BCUT2D eigenvalue weighted by Gasteiger charge is -2.24. The Labute approximate surface area is 127 Å². The lowest BCUT2D eigenvalue weighted by Crippen LogP contribution is -2.29. The Hall–Kier alpha value is -2.82. The van der Waals surface area contributed by atoms with Gasteiger partial charge in [-0.3, -0.25) is 9.89 Å². The van der Waals surface area contributed by atoms with E-state index in [0.29, 0.717) is 6.54 Å². The van der Waals surface area contributed by atoms with Crippen LogP contribution in [0.5, 0.6) is 5.75 Å². The molecule has 0 aromatic heterocycles. The van der Waals surface area contributed by atoms with Crippen molar-refractivity contribution >= 4 is 23.6 Å². The van der Waals surface area contributed by atoms with Gasteiger partial charge in [0, 0.05) is 24.9 Å². The Morgan fingerprint density at radius 1 is 1.18 bits per heavy atom. The van der Waals surface area contributed by atoms with Crippen LogP contribution < -0.4 is 10.2 Å². The lowest BCUT2D eigenvalue weighted by molar-refractivity contribution is 0.251. The third-order valence-corrected chi connectivity index (χ3v) is 4.14. The highest BCUT2D eigenvalue weighted by molar-refractivity contribution is 5.96. The predicted octanol–water partition coefficient (Wildman–Crippen LogP) is 2.92. The number of carbonyl (C=O) groups excluding carboxylic acids is 1. The van der Waals surface area contributed by atoms with Gasteiger partial charge in [0.1, 0.15) is 5.75 Å². The van der Waals surface area contributed by atoms with Gasteiger partial charge in [-0.25, -0.2) is 4.79 Å². The van der Waals surface area contributed by atoms with Crippen molar-refractivity contribution < 1.29 is 9.90 Å². The number of aromatic hydroxyl groups is 1. The van der Waals surface area contributed by atoms with Gasteiger partial charge >= 0.3 is 6.03 Å². The molecule has 2 aromatic rings. The van der Waals surface area contributed by atoms with Crippen LogP contribution in [-0.4, -0.2) is 23.9 Å². The minimum absolute atomic E-state index is 0.0865. The fraction of sp³-hybridized carbons (Fsp3) is 0.176. The molecule has 4 rings (SSSR count). The van der Waals surface area contributed by atoms with Crippen LogP contribution in [0.1, 0.15) is 17.2 Å². The summed E-state index contributed by atoms with van der Waals surface area (Å²) in [5.74, 6) is 0.222. The van der Waals surface area contributed by atoms with Crippen molar-refractivity contribution in [2.24, 2.45) is 4.99 Å². The first kappa shape index (κ1) is 12.9. The zero-order valence-corrected chi connectivity index (χ0v) is 11.9. The van der Waals surface area contributed by atoms with E-state index in [2.05, 4.69) is 10.3 Å². The van der Waals surface area contributed by atoms with E-state index in [1.165, 1.54) is 5.56 Å². The van der Waals surface area contributed by atoms with E-state index >= 15 is 0 Å². The number of aliphatic imine (C=N–C) groups is 1. The Morgan fingerprint density at radius 2 is 2.00 bits per heavy atom. The molecule has 1 saturated heterocycles. The number of amides is 2. The molecule has 1 fully saturated rings. The number of rotatable bonds is 2. The van der Waals surface area contributed by atoms with Crippen molar-refractivity contribution in [3.63, 3.8) is 0 Å². The van der Waals surface area contributed by atoms with Gasteiger partial charge in [0.2, 0.25) is 0 Å². The van der Waals surface area contributed by atoms with Gasteiger partial charge in [0.25, 0.3) is 0 Å². The lowest BCUT2D eigenvalue weighted by atomic mass is 10.0. The molecule has 2 N–H and O–H groups in total. The van der Waals surface area contributed by atoms with Crippen molar-refractivity contribution in [1.82, 2.24) is 5.32 Å². The summed E-state index contributed by atoms with van der Waals surface area (Å²) in [4.78, 5) is 18.4. The molecule has 110 valence electrons. The van der Waals surface area contributed by atoms with Crippen molar-refractivity contribution in [2.45, 2.75) is 12.5 Å². The van der Waals surface area contributed by atoms with Crippen molar-refractivity contribution in [3.05, 3.63) is 53.6 Å². The first-order valence-electron chi connectivity index (χ1n) is 7.24. The number of benzene rings is 2. The maximum absolute atomic E-state index is 12.3. The van der Waals surface area contributed by atoms with Crippen LogP contribution in [-0.2, 0) is 6.42 Å². The van der Waals surface area contributed by atoms with Gasteiger partial charge in [-0.2, -0.15) is 0 Å². The number of carbonyl (C=O) groups is 1. The van der Waals surface area contributed by atoms with Crippen molar-refractivity contribution in [2.75, 3.05) is 11.4 Å². The summed E-state index contributed by atoms with van der Waals surface area (Å²) in [5.41, 5.74) is 3.94. The molecule has 0 spiro atoms. The molecule has 2 aliphatic rings. The minimum atomic E-state index is -0.111. The second-order valence-electron chi connectivity index (χ2n) is 5.49. The first-order valence-corrected chi connectivity index (χ1v) is 7.24. The van der Waals surface area contributed by atoms with Gasteiger partial charge in [-0.1, -0.05) is 18.2 Å². The SMILES string of the molecule is O=C1NCC(c2ccc(O)cc2)N1c1ccc2c(c1)N=CC2. The number of fused-ring (bicyclic) bond motifs is 1. The fourth-order valence-corrected chi connectivity index (χ4v) is 3.00. The van der Waals surface area contributed by atoms with Crippen LogP contribution in [0.2, 0.25) is 0 Å².